The maximum Gasteiger partial charge on any atom is 0.416 e. The van der Waals surface area contributed by atoms with Gasteiger partial charge in [-0.15, -0.1) is 24.0 Å². The summed E-state index contributed by atoms with van der Waals surface area (Å²) in [4.78, 5) is 4.30. The fourth-order valence-corrected chi connectivity index (χ4v) is 1.94. The molecule has 1 rings (SSSR count). The van der Waals surface area contributed by atoms with Crippen molar-refractivity contribution in [2.75, 3.05) is 25.1 Å². The van der Waals surface area contributed by atoms with E-state index >= 15 is 0 Å². The van der Waals surface area contributed by atoms with Crippen LogP contribution in [0, 0.1) is 0 Å². The van der Waals surface area contributed by atoms with Crippen LogP contribution in [0.1, 0.15) is 18.1 Å². The van der Waals surface area contributed by atoms with Crippen molar-refractivity contribution in [1.82, 2.24) is 10.6 Å². The molecule has 0 unspecified atom stereocenters. The monoisotopic (exact) mass is 447 g/mol. The second kappa shape index (κ2) is 11.0. The molecule has 1 aromatic carbocycles. The molecule has 0 atom stereocenters. The minimum atomic E-state index is -4.32. The fourth-order valence-electron chi connectivity index (χ4n) is 1.63. The maximum atomic E-state index is 12.6. The molecule has 0 heterocycles. The van der Waals surface area contributed by atoms with Gasteiger partial charge in [0.1, 0.15) is 0 Å². The quantitative estimate of drug-likeness (QED) is 0.302. The van der Waals surface area contributed by atoms with E-state index in [9.17, 15) is 13.2 Å². The van der Waals surface area contributed by atoms with Gasteiger partial charge in [-0.1, -0.05) is 12.1 Å². The molecule has 3 nitrogen and oxygen atoms in total. The van der Waals surface area contributed by atoms with Crippen LogP contribution < -0.4 is 10.6 Å². The van der Waals surface area contributed by atoms with Gasteiger partial charge in [0.25, 0.3) is 0 Å². The molecule has 0 fully saturated rings. The third-order valence-electron chi connectivity index (χ3n) is 2.62. The van der Waals surface area contributed by atoms with E-state index in [2.05, 4.69) is 15.6 Å². The van der Waals surface area contributed by atoms with E-state index in [-0.39, 0.29) is 30.5 Å². The lowest BCUT2D eigenvalue weighted by atomic mass is 10.1. The molecule has 0 saturated carbocycles. The number of hydrogen-bond donors (Lipinski definition) is 2. The average molecular weight is 447 g/mol. The molecule has 8 heteroatoms. The highest BCUT2D eigenvalue weighted by atomic mass is 127. The highest BCUT2D eigenvalue weighted by molar-refractivity contribution is 14.0. The maximum absolute atomic E-state index is 12.6. The Bertz CT molecular complexity index is 467. The van der Waals surface area contributed by atoms with Crippen molar-refractivity contribution in [2.24, 2.45) is 4.99 Å². The van der Waals surface area contributed by atoms with Crippen molar-refractivity contribution in [2.45, 2.75) is 19.6 Å². The summed E-state index contributed by atoms with van der Waals surface area (Å²) in [6.07, 6.45) is -2.31. The van der Waals surface area contributed by atoms with Crippen LogP contribution in [0.25, 0.3) is 0 Å². The molecular weight excluding hydrogens is 426 g/mol. The van der Waals surface area contributed by atoms with Crippen LogP contribution in [0.4, 0.5) is 13.2 Å². The number of thioether (sulfide) groups is 1. The number of hydrogen-bond acceptors (Lipinski definition) is 2. The van der Waals surface area contributed by atoms with Gasteiger partial charge in [0, 0.05) is 18.8 Å². The lowest BCUT2D eigenvalue weighted by Crippen LogP contribution is -2.38. The third-order valence-corrected chi connectivity index (χ3v) is 3.23. The van der Waals surface area contributed by atoms with Crippen LogP contribution in [0.5, 0.6) is 0 Å². The summed E-state index contributed by atoms with van der Waals surface area (Å²) in [6.45, 7) is 3.61. The Kier molecular flexibility index (Phi) is 10.7. The molecule has 2 N–H and O–H groups in total. The predicted molar refractivity (Wildman–Crippen MR) is 98.1 cm³/mol. The second-order valence-corrected chi connectivity index (χ2v) is 5.30. The van der Waals surface area contributed by atoms with Gasteiger partial charge in [0.15, 0.2) is 5.96 Å². The summed E-state index contributed by atoms with van der Waals surface area (Å²) in [5.74, 6) is 1.55. The van der Waals surface area contributed by atoms with Crippen molar-refractivity contribution in [3.05, 3.63) is 35.4 Å². The standard InChI is InChI=1S/C14H20F3N3S.HI/c1-3-18-13(19-7-8-21-2)20-10-11-5-4-6-12(9-11)14(15,16)17;/h4-6,9H,3,7-8,10H2,1-2H3,(H2,18,19,20);1H. The molecule has 0 aromatic heterocycles. The summed E-state index contributed by atoms with van der Waals surface area (Å²) in [5, 5.41) is 6.20. The second-order valence-electron chi connectivity index (χ2n) is 4.31. The number of guanidine groups is 1. The highest BCUT2D eigenvalue weighted by Crippen LogP contribution is 2.29. The molecule has 126 valence electrons. The number of alkyl halides is 3. The van der Waals surface area contributed by atoms with E-state index in [1.54, 1.807) is 17.8 Å². The molecule has 0 amide bonds. The molecule has 0 bridgehead atoms. The number of nitrogens with zero attached hydrogens (tertiary/aromatic N) is 1. The zero-order chi connectivity index (χ0) is 15.7. The molecular formula is C14H21F3IN3S. The van der Waals surface area contributed by atoms with Gasteiger partial charge in [-0.3, -0.25) is 0 Å². The molecule has 0 aliphatic rings. The number of aliphatic imine (C=N–C) groups is 1. The molecule has 0 spiro atoms. The van der Waals surface area contributed by atoms with E-state index in [4.69, 9.17) is 0 Å². The topological polar surface area (TPSA) is 36.4 Å². The van der Waals surface area contributed by atoms with E-state index in [1.165, 1.54) is 6.07 Å². The van der Waals surface area contributed by atoms with Gasteiger partial charge in [0.2, 0.25) is 0 Å². The van der Waals surface area contributed by atoms with Gasteiger partial charge in [-0.2, -0.15) is 24.9 Å². The SMILES string of the molecule is CCNC(=NCc1cccc(C(F)(F)F)c1)NCCSC.I. The van der Waals surface area contributed by atoms with Crippen LogP contribution in [0.3, 0.4) is 0 Å². The predicted octanol–water partition coefficient (Wildman–Crippen LogP) is 3.74. The summed E-state index contributed by atoms with van der Waals surface area (Å²) in [6, 6.07) is 5.25. The summed E-state index contributed by atoms with van der Waals surface area (Å²) < 4.78 is 37.9. The normalized spacial score (nSPS) is 11.8. The zero-order valence-corrected chi connectivity index (χ0v) is 15.7. The fraction of sp³-hybridized carbons (Fsp3) is 0.500. The van der Waals surface area contributed by atoms with E-state index in [0.29, 0.717) is 18.1 Å². The molecule has 0 aliphatic carbocycles. The van der Waals surface area contributed by atoms with Crippen LogP contribution in [0.2, 0.25) is 0 Å². The Balaban J connectivity index is 0.00000441. The minimum Gasteiger partial charge on any atom is -0.357 e. The Morgan fingerprint density at radius 2 is 2.00 bits per heavy atom. The Labute approximate surface area is 150 Å². The first-order valence-corrected chi connectivity index (χ1v) is 8.04. The van der Waals surface area contributed by atoms with Gasteiger partial charge in [-0.05, 0) is 30.9 Å². The largest absolute Gasteiger partial charge is 0.416 e. The molecule has 0 radical (unpaired) electrons. The zero-order valence-electron chi connectivity index (χ0n) is 12.5. The van der Waals surface area contributed by atoms with E-state index < -0.39 is 11.7 Å². The minimum absolute atomic E-state index is 0. The van der Waals surface area contributed by atoms with Crippen molar-refractivity contribution in [1.29, 1.82) is 0 Å². The number of rotatable bonds is 6. The average Bonchev–Trinajstić information content (AvgIpc) is 2.44. The molecule has 22 heavy (non-hydrogen) atoms. The third kappa shape index (κ3) is 8.11. The number of nitrogens with one attached hydrogen (secondary N) is 2. The summed E-state index contributed by atoms with van der Waals surface area (Å²) in [5.41, 5.74) is -0.109. The number of benzene rings is 1. The van der Waals surface area contributed by atoms with Crippen molar-refractivity contribution in [3.63, 3.8) is 0 Å². The van der Waals surface area contributed by atoms with Crippen molar-refractivity contribution < 1.29 is 13.2 Å². The smallest absolute Gasteiger partial charge is 0.357 e. The van der Waals surface area contributed by atoms with Crippen LogP contribution in [-0.4, -0.2) is 31.1 Å². The van der Waals surface area contributed by atoms with E-state index in [0.717, 1.165) is 24.4 Å². The van der Waals surface area contributed by atoms with Gasteiger partial charge >= 0.3 is 6.18 Å². The molecule has 0 aliphatic heterocycles. The van der Waals surface area contributed by atoms with Gasteiger partial charge < -0.3 is 10.6 Å². The molecule has 1 aromatic rings. The van der Waals surface area contributed by atoms with Gasteiger partial charge in [-0.25, -0.2) is 4.99 Å². The van der Waals surface area contributed by atoms with Crippen molar-refractivity contribution in [3.8, 4) is 0 Å². The highest BCUT2D eigenvalue weighted by Gasteiger charge is 2.30. The Morgan fingerprint density at radius 1 is 1.27 bits per heavy atom. The van der Waals surface area contributed by atoms with Crippen LogP contribution >= 0.6 is 35.7 Å². The first-order chi connectivity index (χ1) is 9.97. The Morgan fingerprint density at radius 3 is 2.59 bits per heavy atom. The van der Waals surface area contributed by atoms with Crippen LogP contribution in [-0.2, 0) is 12.7 Å². The summed E-state index contributed by atoms with van der Waals surface area (Å²) in [7, 11) is 0. The Hall–Kier alpha value is -0.640. The van der Waals surface area contributed by atoms with E-state index in [1.807, 2.05) is 13.2 Å². The molecule has 0 saturated heterocycles. The van der Waals surface area contributed by atoms with Crippen LogP contribution in [0.15, 0.2) is 29.3 Å². The summed E-state index contributed by atoms with van der Waals surface area (Å²) >= 11 is 1.71. The first kappa shape index (κ1) is 21.4. The van der Waals surface area contributed by atoms with Gasteiger partial charge in [0.05, 0.1) is 12.1 Å². The first-order valence-electron chi connectivity index (χ1n) is 6.64. The lowest BCUT2D eigenvalue weighted by molar-refractivity contribution is -0.137. The number of halogens is 4. The lowest BCUT2D eigenvalue weighted by Gasteiger charge is -2.11. The van der Waals surface area contributed by atoms with Crippen molar-refractivity contribution >= 4 is 41.7 Å².